The molecule has 0 aromatic heterocycles. The Morgan fingerprint density at radius 1 is 1.04 bits per heavy atom. The normalized spacial score (nSPS) is 53.1. The van der Waals surface area contributed by atoms with Crippen molar-refractivity contribution in [3.63, 3.8) is 0 Å². The molecular weight excluding hydrogens is 358 g/mol. The summed E-state index contributed by atoms with van der Waals surface area (Å²) in [5.41, 5.74) is 0.446. The molecule has 4 nitrogen and oxygen atoms in total. The molecule has 5 rings (SSSR count). The molecule has 152 valence electrons. The highest BCUT2D eigenvalue weighted by Crippen LogP contribution is 2.65. The van der Waals surface area contributed by atoms with Gasteiger partial charge in [0.2, 0.25) is 0 Å². The molecule has 27 heavy (non-hydrogen) atoms. The van der Waals surface area contributed by atoms with Gasteiger partial charge in [0.25, 0.3) is 5.91 Å². The quantitative estimate of drug-likeness (QED) is 0.748. The van der Waals surface area contributed by atoms with E-state index in [1.54, 1.807) is 6.26 Å². The van der Waals surface area contributed by atoms with E-state index in [-0.39, 0.29) is 22.6 Å². The van der Waals surface area contributed by atoms with Crippen molar-refractivity contribution in [2.45, 2.75) is 95.1 Å². The Bertz CT molecular complexity index is 623. The number of piperidine rings is 1. The van der Waals surface area contributed by atoms with E-state index in [0.29, 0.717) is 23.5 Å². The topological polar surface area (TPSA) is 61.4 Å². The van der Waals surface area contributed by atoms with Crippen LogP contribution in [0.4, 0.5) is 0 Å². The Hall–Kier alpha value is -0.260. The minimum atomic E-state index is -1.09. The van der Waals surface area contributed by atoms with Crippen LogP contribution < -0.4 is 5.32 Å². The maximum atomic E-state index is 12.5. The summed E-state index contributed by atoms with van der Waals surface area (Å²) in [7, 11) is 0. The third-order valence-electron chi connectivity index (χ3n) is 9.30. The van der Waals surface area contributed by atoms with E-state index in [0.717, 1.165) is 24.7 Å². The molecule has 0 aromatic carbocycles. The Morgan fingerprint density at radius 2 is 1.78 bits per heavy atom. The standard InChI is InChI=1S/C22H35NO3S/c1-21-11-10-16-14(15(21)7-9-19(21)26-13-4-5-13)6-8-18-22(16,2)12-17(27(3)25)20(24)23-18/h13-19H,4-12H2,1-3H3,(H,23,24)/t14-,15-,16-,17+,18+,19-,21-,22+,27?/m0/s1. The molecular formula is C22H35NO3S. The number of hydrogen-bond donors (Lipinski definition) is 1. The van der Waals surface area contributed by atoms with E-state index in [2.05, 4.69) is 19.2 Å². The molecule has 5 aliphatic rings. The van der Waals surface area contributed by atoms with Gasteiger partial charge < -0.3 is 14.6 Å². The van der Waals surface area contributed by atoms with Gasteiger partial charge in [-0.05, 0) is 91.1 Å². The van der Waals surface area contributed by atoms with Crippen molar-refractivity contribution < 1.29 is 14.1 Å². The number of ether oxygens (including phenoxy) is 1. The van der Waals surface area contributed by atoms with Crippen LogP contribution in [0.3, 0.4) is 0 Å². The first kappa shape index (κ1) is 18.7. The first-order valence-corrected chi connectivity index (χ1v) is 12.7. The second kappa shape index (κ2) is 6.37. The number of hydrogen-bond acceptors (Lipinski definition) is 3. The van der Waals surface area contributed by atoms with Crippen molar-refractivity contribution in [1.29, 1.82) is 0 Å². The molecule has 4 aliphatic carbocycles. The van der Waals surface area contributed by atoms with Gasteiger partial charge in [0.15, 0.2) is 5.25 Å². The van der Waals surface area contributed by atoms with E-state index in [9.17, 15) is 9.35 Å². The molecule has 9 atom stereocenters. The van der Waals surface area contributed by atoms with Crippen molar-refractivity contribution >= 4 is 17.1 Å². The monoisotopic (exact) mass is 393 g/mol. The molecule has 5 fully saturated rings. The van der Waals surface area contributed by atoms with Gasteiger partial charge in [0.05, 0.1) is 18.5 Å². The molecule has 0 bridgehead atoms. The van der Waals surface area contributed by atoms with Crippen LogP contribution >= 0.6 is 0 Å². The zero-order valence-corrected chi connectivity index (χ0v) is 17.9. The van der Waals surface area contributed by atoms with Gasteiger partial charge in [-0.2, -0.15) is 0 Å². The second-order valence-corrected chi connectivity index (χ2v) is 12.2. The van der Waals surface area contributed by atoms with Gasteiger partial charge in [0, 0.05) is 12.5 Å². The SMILES string of the molecule is C[S+]([O-])[C@@H]1C[C@@]2(C)[C@@H](CC[C@@H]3[C@@H]2CC[C@]2(C)[C@@H](OC4CC4)CC[C@@H]32)NC1=O. The number of rotatable bonds is 3. The summed E-state index contributed by atoms with van der Waals surface area (Å²) >= 11 is -1.09. The summed E-state index contributed by atoms with van der Waals surface area (Å²) in [6.07, 6.45) is 13.4. The maximum Gasteiger partial charge on any atom is 0.273 e. The molecule has 1 unspecified atom stereocenters. The first-order chi connectivity index (χ1) is 12.8. The Kier molecular flexibility index (Phi) is 4.42. The fourth-order valence-corrected chi connectivity index (χ4v) is 8.59. The van der Waals surface area contributed by atoms with Crippen molar-refractivity contribution in [2.75, 3.05) is 6.26 Å². The van der Waals surface area contributed by atoms with E-state index in [1.807, 2.05) is 0 Å². The molecule has 0 aromatic rings. The number of amides is 1. The van der Waals surface area contributed by atoms with E-state index in [1.165, 1.54) is 44.9 Å². The Balaban J connectivity index is 1.39. The Morgan fingerprint density at radius 3 is 2.48 bits per heavy atom. The summed E-state index contributed by atoms with van der Waals surface area (Å²) in [6, 6.07) is 0.273. The van der Waals surface area contributed by atoms with E-state index in [4.69, 9.17) is 4.74 Å². The summed E-state index contributed by atoms with van der Waals surface area (Å²) in [4.78, 5) is 12.5. The smallest absolute Gasteiger partial charge is 0.273 e. The summed E-state index contributed by atoms with van der Waals surface area (Å²) in [6.45, 7) is 4.90. The average molecular weight is 394 g/mol. The lowest BCUT2D eigenvalue weighted by Crippen LogP contribution is -2.65. The molecule has 4 saturated carbocycles. The van der Waals surface area contributed by atoms with Crippen molar-refractivity contribution in [1.82, 2.24) is 5.32 Å². The largest absolute Gasteiger partial charge is 0.616 e. The van der Waals surface area contributed by atoms with Crippen LogP contribution in [-0.2, 0) is 20.7 Å². The lowest BCUT2D eigenvalue weighted by atomic mass is 9.47. The van der Waals surface area contributed by atoms with Crippen molar-refractivity contribution in [3.05, 3.63) is 0 Å². The molecule has 1 aliphatic heterocycles. The molecule has 5 heteroatoms. The van der Waals surface area contributed by atoms with E-state index < -0.39 is 11.2 Å². The predicted molar refractivity (Wildman–Crippen MR) is 107 cm³/mol. The average Bonchev–Trinajstić information content (AvgIpc) is 3.37. The first-order valence-electron chi connectivity index (χ1n) is 11.1. The van der Waals surface area contributed by atoms with Crippen LogP contribution in [0.25, 0.3) is 0 Å². The number of carbonyl (C=O) groups excluding carboxylic acids is 1. The number of nitrogens with one attached hydrogen (secondary N) is 1. The van der Waals surface area contributed by atoms with Crippen LogP contribution in [0, 0.1) is 28.6 Å². The maximum absolute atomic E-state index is 12.5. The predicted octanol–water partition coefficient (Wildman–Crippen LogP) is 3.41. The molecule has 1 N–H and O–H groups in total. The van der Waals surface area contributed by atoms with Crippen LogP contribution in [0.1, 0.15) is 71.6 Å². The van der Waals surface area contributed by atoms with Gasteiger partial charge in [-0.3, -0.25) is 4.79 Å². The Labute approximate surface area is 166 Å². The third kappa shape index (κ3) is 2.82. The van der Waals surface area contributed by atoms with Crippen LogP contribution in [-0.4, -0.2) is 40.2 Å². The summed E-state index contributed by atoms with van der Waals surface area (Å²) in [5.74, 6) is 2.19. The van der Waals surface area contributed by atoms with Gasteiger partial charge in [-0.15, -0.1) is 0 Å². The molecule has 1 heterocycles. The van der Waals surface area contributed by atoms with Crippen molar-refractivity contribution in [2.24, 2.45) is 28.6 Å². The molecule has 1 amide bonds. The zero-order chi connectivity index (χ0) is 19.0. The molecule has 0 radical (unpaired) electrons. The van der Waals surface area contributed by atoms with Gasteiger partial charge in [0.1, 0.15) is 0 Å². The third-order valence-corrected chi connectivity index (χ3v) is 10.5. The minimum Gasteiger partial charge on any atom is -0.616 e. The highest BCUT2D eigenvalue weighted by molar-refractivity contribution is 7.92. The molecule has 0 spiro atoms. The van der Waals surface area contributed by atoms with Crippen LogP contribution in [0.2, 0.25) is 0 Å². The number of carbonyl (C=O) groups is 1. The fourth-order valence-electron chi connectivity index (χ4n) is 7.62. The fraction of sp³-hybridized carbons (Fsp3) is 0.955. The highest BCUT2D eigenvalue weighted by Gasteiger charge is 2.62. The van der Waals surface area contributed by atoms with Crippen LogP contribution in [0.5, 0.6) is 0 Å². The highest BCUT2D eigenvalue weighted by atomic mass is 32.2. The zero-order valence-electron chi connectivity index (χ0n) is 17.0. The van der Waals surface area contributed by atoms with E-state index >= 15 is 0 Å². The van der Waals surface area contributed by atoms with Gasteiger partial charge in [-0.25, -0.2) is 0 Å². The summed E-state index contributed by atoms with van der Waals surface area (Å²) in [5, 5.41) is 2.95. The minimum absolute atomic E-state index is 0.0242. The van der Waals surface area contributed by atoms with Crippen molar-refractivity contribution in [3.8, 4) is 0 Å². The van der Waals surface area contributed by atoms with Crippen LogP contribution in [0.15, 0.2) is 0 Å². The van der Waals surface area contributed by atoms with Gasteiger partial charge >= 0.3 is 0 Å². The molecule has 1 saturated heterocycles. The summed E-state index contributed by atoms with van der Waals surface area (Å²) < 4.78 is 18.7. The number of fused-ring (bicyclic) bond motifs is 5. The van der Waals surface area contributed by atoms with Gasteiger partial charge in [-0.1, -0.05) is 13.8 Å². The lowest BCUT2D eigenvalue weighted by molar-refractivity contribution is -0.141. The lowest BCUT2D eigenvalue weighted by Gasteiger charge is -2.60. The second-order valence-electron chi connectivity index (χ2n) is 10.7.